The summed E-state index contributed by atoms with van der Waals surface area (Å²) in [5.74, 6) is 0.101. The van der Waals surface area contributed by atoms with Gasteiger partial charge in [0.25, 0.3) is 0 Å². The summed E-state index contributed by atoms with van der Waals surface area (Å²) in [6.45, 7) is 3.36. The Bertz CT molecular complexity index is 599. The van der Waals surface area contributed by atoms with E-state index >= 15 is 0 Å². The maximum atomic E-state index is 11.8. The highest BCUT2D eigenvalue weighted by atomic mass is 32.2. The van der Waals surface area contributed by atoms with Gasteiger partial charge in [-0.15, -0.1) is 0 Å². The fourth-order valence-electron chi connectivity index (χ4n) is 1.62. The highest BCUT2D eigenvalue weighted by Crippen LogP contribution is 2.21. The van der Waals surface area contributed by atoms with Crippen LogP contribution in [0, 0.1) is 6.92 Å². The predicted molar refractivity (Wildman–Crippen MR) is 57.7 cm³/mol. The number of hydrogen-bond acceptors (Lipinski definition) is 3. The fourth-order valence-corrected chi connectivity index (χ4v) is 2.88. The van der Waals surface area contributed by atoms with Crippen molar-refractivity contribution in [2.24, 2.45) is 0 Å². The maximum absolute atomic E-state index is 11.8. The zero-order valence-corrected chi connectivity index (χ0v) is 9.45. The molecule has 0 aliphatic rings. The van der Waals surface area contributed by atoms with E-state index < -0.39 is 9.84 Å². The molecule has 0 fully saturated rings. The van der Waals surface area contributed by atoms with Gasteiger partial charge in [-0.25, -0.2) is 12.9 Å². The topological polar surface area (TPSA) is 51.4 Å². The molecule has 0 bridgehead atoms. The molecule has 0 amide bonds. The lowest BCUT2D eigenvalue weighted by molar-refractivity contribution is 0.597. The Hall–Kier alpha value is -1.36. The summed E-state index contributed by atoms with van der Waals surface area (Å²) in [7, 11) is -3.20. The lowest BCUT2D eigenvalue weighted by Gasteiger charge is -1.99. The van der Waals surface area contributed by atoms with Crippen molar-refractivity contribution in [2.45, 2.75) is 18.7 Å². The van der Waals surface area contributed by atoms with Crippen molar-refractivity contribution < 1.29 is 8.42 Å². The lowest BCUT2D eigenvalue weighted by Crippen LogP contribution is -2.04. The van der Waals surface area contributed by atoms with Gasteiger partial charge in [0, 0.05) is 6.20 Å². The molecule has 15 heavy (non-hydrogen) atoms. The van der Waals surface area contributed by atoms with Crippen LogP contribution in [0.4, 0.5) is 0 Å². The standard InChI is InChI=1S/C10H12N2O2S/c1-3-15(13,14)10-8(2)11-12-7-5-4-6-9(10)12/h4-7H,3H2,1-2H3. The van der Waals surface area contributed by atoms with Crippen LogP contribution in [0.3, 0.4) is 0 Å². The number of hydrogen-bond donors (Lipinski definition) is 0. The van der Waals surface area contributed by atoms with E-state index in [1.807, 2.05) is 12.1 Å². The first kappa shape index (κ1) is 10.2. The van der Waals surface area contributed by atoms with Gasteiger partial charge in [-0.1, -0.05) is 13.0 Å². The monoisotopic (exact) mass is 224 g/mol. The molecule has 5 heteroatoms. The average Bonchev–Trinajstić information content (AvgIpc) is 2.54. The van der Waals surface area contributed by atoms with Gasteiger partial charge < -0.3 is 0 Å². The van der Waals surface area contributed by atoms with Crippen LogP contribution >= 0.6 is 0 Å². The average molecular weight is 224 g/mol. The Balaban J connectivity index is 2.87. The largest absolute Gasteiger partial charge is 0.239 e. The normalized spacial score (nSPS) is 12.1. The van der Waals surface area contributed by atoms with Gasteiger partial charge in [0.05, 0.1) is 17.0 Å². The second-order valence-electron chi connectivity index (χ2n) is 3.35. The number of sulfone groups is 1. The van der Waals surface area contributed by atoms with E-state index in [1.165, 1.54) is 0 Å². The number of aromatic nitrogens is 2. The molecule has 80 valence electrons. The summed E-state index contributed by atoms with van der Waals surface area (Å²) < 4.78 is 25.3. The second kappa shape index (κ2) is 3.34. The van der Waals surface area contributed by atoms with Crippen molar-refractivity contribution >= 4 is 15.4 Å². The van der Waals surface area contributed by atoms with Crippen molar-refractivity contribution in [3.63, 3.8) is 0 Å². The van der Waals surface area contributed by atoms with Crippen molar-refractivity contribution in [2.75, 3.05) is 5.75 Å². The van der Waals surface area contributed by atoms with Gasteiger partial charge in [0.1, 0.15) is 4.90 Å². The van der Waals surface area contributed by atoms with Gasteiger partial charge in [-0.05, 0) is 19.1 Å². The molecule has 0 aliphatic carbocycles. The summed E-state index contributed by atoms with van der Waals surface area (Å²) >= 11 is 0. The lowest BCUT2D eigenvalue weighted by atomic mass is 10.4. The Morgan fingerprint density at radius 1 is 1.40 bits per heavy atom. The zero-order chi connectivity index (χ0) is 11.1. The van der Waals surface area contributed by atoms with E-state index in [4.69, 9.17) is 0 Å². The van der Waals surface area contributed by atoms with E-state index in [-0.39, 0.29) is 5.75 Å². The molecule has 0 atom stereocenters. The summed E-state index contributed by atoms with van der Waals surface area (Å²) in [5.41, 5.74) is 1.21. The molecule has 0 saturated heterocycles. The number of rotatable bonds is 2. The number of aryl methyl sites for hydroxylation is 1. The van der Waals surface area contributed by atoms with E-state index in [0.29, 0.717) is 16.1 Å². The van der Waals surface area contributed by atoms with Crippen molar-refractivity contribution in [1.29, 1.82) is 0 Å². The molecular weight excluding hydrogens is 212 g/mol. The van der Waals surface area contributed by atoms with E-state index in [0.717, 1.165) is 0 Å². The van der Waals surface area contributed by atoms with Crippen molar-refractivity contribution in [3.05, 3.63) is 30.1 Å². The Kier molecular flexibility index (Phi) is 2.26. The van der Waals surface area contributed by atoms with Crippen LogP contribution in [0.5, 0.6) is 0 Å². The minimum Gasteiger partial charge on any atom is -0.239 e. The smallest absolute Gasteiger partial charge is 0.182 e. The fraction of sp³-hybridized carbons (Fsp3) is 0.300. The molecular formula is C10H12N2O2S. The summed E-state index contributed by atoms with van der Waals surface area (Å²) in [6, 6.07) is 5.40. The van der Waals surface area contributed by atoms with Gasteiger partial charge in [-0.2, -0.15) is 5.10 Å². The van der Waals surface area contributed by atoms with Crippen LogP contribution < -0.4 is 0 Å². The molecule has 0 radical (unpaired) electrons. The van der Waals surface area contributed by atoms with Crippen molar-refractivity contribution in [1.82, 2.24) is 9.61 Å². The Morgan fingerprint density at radius 3 is 2.80 bits per heavy atom. The van der Waals surface area contributed by atoms with Gasteiger partial charge in [0.2, 0.25) is 0 Å². The predicted octanol–water partition coefficient (Wildman–Crippen LogP) is 1.44. The Labute approximate surface area is 88.5 Å². The minimum absolute atomic E-state index is 0.101. The molecule has 2 heterocycles. The van der Waals surface area contributed by atoms with Crippen LogP contribution in [0.1, 0.15) is 12.6 Å². The molecule has 2 aromatic rings. The quantitative estimate of drug-likeness (QED) is 0.775. The molecule has 0 saturated carbocycles. The highest BCUT2D eigenvalue weighted by molar-refractivity contribution is 7.91. The third-order valence-electron chi connectivity index (χ3n) is 2.35. The second-order valence-corrected chi connectivity index (χ2v) is 5.56. The number of fused-ring (bicyclic) bond motifs is 1. The SMILES string of the molecule is CCS(=O)(=O)c1c(C)nn2ccccc12. The third kappa shape index (κ3) is 1.52. The van der Waals surface area contributed by atoms with E-state index in [1.54, 1.807) is 30.6 Å². The molecule has 2 aromatic heterocycles. The first-order valence-electron chi connectivity index (χ1n) is 4.73. The maximum Gasteiger partial charge on any atom is 0.182 e. The molecule has 0 spiro atoms. The first-order chi connectivity index (χ1) is 7.06. The first-order valence-corrected chi connectivity index (χ1v) is 6.38. The molecule has 0 unspecified atom stereocenters. The van der Waals surface area contributed by atoms with Crippen LogP contribution in [0.15, 0.2) is 29.3 Å². The summed E-state index contributed by atoms with van der Waals surface area (Å²) in [4.78, 5) is 0.352. The number of nitrogens with zero attached hydrogens (tertiary/aromatic N) is 2. The number of pyridine rings is 1. The molecule has 0 aromatic carbocycles. The molecule has 0 N–H and O–H groups in total. The molecule has 2 rings (SSSR count). The molecule has 0 aliphatic heterocycles. The van der Waals surface area contributed by atoms with Gasteiger partial charge >= 0.3 is 0 Å². The highest BCUT2D eigenvalue weighted by Gasteiger charge is 2.20. The molecule has 4 nitrogen and oxygen atoms in total. The zero-order valence-electron chi connectivity index (χ0n) is 8.64. The van der Waals surface area contributed by atoms with E-state index in [2.05, 4.69) is 5.10 Å². The summed E-state index contributed by atoms with van der Waals surface area (Å²) in [5, 5.41) is 4.16. The summed E-state index contributed by atoms with van der Waals surface area (Å²) in [6.07, 6.45) is 1.75. The van der Waals surface area contributed by atoms with Gasteiger partial charge in [-0.3, -0.25) is 0 Å². The third-order valence-corrected chi connectivity index (χ3v) is 4.24. The Morgan fingerprint density at radius 2 is 2.13 bits per heavy atom. The minimum atomic E-state index is -3.20. The van der Waals surface area contributed by atoms with E-state index in [9.17, 15) is 8.42 Å². The van der Waals surface area contributed by atoms with Crippen LogP contribution in [-0.4, -0.2) is 23.8 Å². The van der Waals surface area contributed by atoms with Gasteiger partial charge in [0.15, 0.2) is 9.84 Å². The van der Waals surface area contributed by atoms with Crippen molar-refractivity contribution in [3.8, 4) is 0 Å². The van der Waals surface area contributed by atoms with Crippen LogP contribution in [0.25, 0.3) is 5.52 Å². The van der Waals surface area contributed by atoms with Crippen LogP contribution in [-0.2, 0) is 9.84 Å². The van der Waals surface area contributed by atoms with Crippen LogP contribution in [0.2, 0.25) is 0 Å².